The van der Waals surface area contributed by atoms with Crippen molar-refractivity contribution in [1.29, 1.82) is 0 Å². The van der Waals surface area contributed by atoms with Gasteiger partial charge in [0.25, 0.3) is 17.5 Å². The van der Waals surface area contributed by atoms with Crippen LogP contribution in [0.4, 0.5) is 5.69 Å². The quantitative estimate of drug-likeness (QED) is 0.258. The van der Waals surface area contributed by atoms with Crippen molar-refractivity contribution in [3.8, 4) is 0 Å². The Morgan fingerprint density at radius 2 is 1.49 bits per heavy atom. The van der Waals surface area contributed by atoms with Gasteiger partial charge in [0, 0.05) is 18.7 Å². The molecule has 0 radical (unpaired) electrons. The number of Topliss-reactive ketones (excluding diaryl/α,β-unsaturated/α-hetero) is 1. The van der Waals surface area contributed by atoms with Crippen molar-refractivity contribution in [2.24, 2.45) is 5.92 Å². The minimum Gasteiger partial charge on any atom is -0.300 e. The van der Waals surface area contributed by atoms with Crippen LogP contribution < -0.4 is 4.72 Å². The molecule has 11 heteroatoms. The highest BCUT2D eigenvalue weighted by molar-refractivity contribution is 7.89. The van der Waals surface area contributed by atoms with Crippen LogP contribution >= 0.6 is 0 Å². The zero-order valence-electron chi connectivity index (χ0n) is 20.0. The number of amides is 2. The fourth-order valence-electron chi connectivity index (χ4n) is 4.21. The maximum absolute atomic E-state index is 13.3. The Balaban J connectivity index is 1.74. The number of imide groups is 1. The van der Waals surface area contributed by atoms with Gasteiger partial charge in [0.2, 0.25) is 10.0 Å². The molecule has 0 saturated carbocycles. The number of non-ortho nitro benzene ring substituents is 1. The molecule has 0 bridgehead atoms. The van der Waals surface area contributed by atoms with E-state index < -0.39 is 44.5 Å². The number of rotatable bonds is 9. The monoisotopic (exact) mass is 521 g/mol. The van der Waals surface area contributed by atoms with Gasteiger partial charge in [-0.1, -0.05) is 42.0 Å². The van der Waals surface area contributed by atoms with E-state index in [1.807, 2.05) is 0 Å². The molecule has 190 valence electrons. The minimum absolute atomic E-state index is 0.0481. The average Bonchev–Trinajstić information content (AvgIpc) is 3.11. The number of ketones is 1. The van der Waals surface area contributed by atoms with Crippen LogP contribution in [0.1, 0.15) is 44.8 Å². The van der Waals surface area contributed by atoms with Gasteiger partial charge in [-0.15, -0.1) is 0 Å². The zero-order valence-corrected chi connectivity index (χ0v) is 20.8. The highest BCUT2D eigenvalue weighted by Crippen LogP contribution is 2.31. The number of hydrogen-bond donors (Lipinski definition) is 1. The summed E-state index contributed by atoms with van der Waals surface area (Å²) in [6.07, 6.45) is 0. The highest BCUT2D eigenvalue weighted by Gasteiger charge is 2.40. The number of sulfonamides is 1. The van der Waals surface area contributed by atoms with Crippen molar-refractivity contribution in [3.05, 3.63) is 105 Å². The molecule has 4 rings (SSSR count). The summed E-state index contributed by atoms with van der Waals surface area (Å²) in [6, 6.07) is 16.2. The van der Waals surface area contributed by atoms with E-state index in [-0.39, 0.29) is 33.8 Å². The molecule has 2 atom stereocenters. The third-order valence-corrected chi connectivity index (χ3v) is 7.72. The van der Waals surface area contributed by atoms with Gasteiger partial charge in [0.15, 0.2) is 0 Å². The Morgan fingerprint density at radius 3 is 1.97 bits per heavy atom. The summed E-state index contributed by atoms with van der Waals surface area (Å²) in [6.45, 7) is 2.65. The van der Waals surface area contributed by atoms with Gasteiger partial charge >= 0.3 is 0 Å². The smallest absolute Gasteiger partial charge is 0.269 e. The molecule has 0 spiro atoms. The normalized spacial score (nSPS) is 14.8. The molecule has 1 aliphatic rings. The Hall–Kier alpha value is -4.22. The lowest BCUT2D eigenvalue weighted by molar-refractivity contribution is -0.384. The fraction of sp³-hybridized carbons (Fsp3) is 0.192. The topological polar surface area (TPSA) is 144 Å². The van der Waals surface area contributed by atoms with Crippen LogP contribution in [0.25, 0.3) is 0 Å². The molecule has 0 aliphatic carbocycles. The van der Waals surface area contributed by atoms with Gasteiger partial charge in [-0.3, -0.25) is 29.4 Å². The molecule has 0 unspecified atom stereocenters. The summed E-state index contributed by atoms with van der Waals surface area (Å²) in [4.78, 5) is 50.2. The van der Waals surface area contributed by atoms with Gasteiger partial charge in [-0.2, -0.15) is 0 Å². The lowest BCUT2D eigenvalue weighted by Gasteiger charge is -2.29. The molecule has 0 aromatic heterocycles. The highest BCUT2D eigenvalue weighted by atomic mass is 32.2. The molecular weight excluding hydrogens is 498 g/mol. The Morgan fingerprint density at radius 1 is 0.946 bits per heavy atom. The predicted octanol–water partition coefficient (Wildman–Crippen LogP) is 3.42. The van der Waals surface area contributed by atoms with Crippen molar-refractivity contribution >= 4 is 33.3 Å². The molecule has 10 nitrogen and oxygen atoms in total. The summed E-state index contributed by atoms with van der Waals surface area (Å²) in [5, 5.41) is 11.1. The van der Waals surface area contributed by atoms with Gasteiger partial charge in [0.05, 0.1) is 32.9 Å². The second-order valence-electron chi connectivity index (χ2n) is 8.74. The first-order valence-corrected chi connectivity index (χ1v) is 12.8. The van der Waals surface area contributed by atoms with E-state index in [0.717, 1.165) is 10.5 Å². The number of hydrogen-bond acceptors (Lipinski definition) is 7. The standard InChI is InChI=1S/C26H23N3O7S/c1-16-7-13-20(14-8-16)37(35,36)27-24(18-9-11-19(12-10-18)29(33)34)23(17(2)30)15-28-25(31)21-5-3-4-6-22(21)26(28)32/h3-14,23-24,27H,15H2,1-2H3/t23-,24+/m1/s1. The second kappa shape index (κ2) is 10.0. The first-order chi connectivity index (χ1) is 17.5. The Bertz CT molecular complexity index is 1460. The SMILES string of the molecule is CC(=O)[C@@H](CN1C(=O)c2ccccc2C1=O)[C@@H](NS(=O)(=O)c1ccc(C)cc1)c1ccc([N+](=O)[O-])cc1. The summed E-state index contributed by atoms with van der Waals surface area (Å²) in [7, 11) is -4.17. The molecule has 0 saturated heterocycles. The van der Waals surface area contributed by atoms with Gasteiger partial charge in [0.1, 0.15) is 5.78 Å². The number of aryl methyl sites for hydroxylation is 1. The van der Waals surface area contributed by atoms with E-state index in [1.165, 1.54) is 55.5 Å². The fourth-order valence-corrected chi connectivity index (χ4v) is 5.47. The number of nitrogens with one attached hydrogen (secondary N) is 1. The van der Waals surface area contributed by atoms with E-state index in [9.17, 15) is 32.9 Å². The third-order valence-electron chi connectivity index (χ3n) is 6.26. The molecule has 1 heterocycles. The van der Waals surface area contributed by atoms with Gasteiger partial charge in [-0.05, 0) is 43.7 Å². The van der Waals surface area contributed by atoms with Crippen molar-refractivity contribution in [3.63, 3.8) is 0 Å². The number of nitro benzene ring substituents is 1. The lowest BCUT2D eigenvalue weighted by Crippen LogP contribution is -2.44. The number of benzene rings is 3. The van der Waals surface area contributed by atoms with E-state index in [0.29, 0.717) is 0 Å². The molecule has 1 N–H and O–H groups in total. The number of nitrogens with zero attached hydrogens (tertiary/aromatic N) is 2. The Labute approximate surface area is 213 Å². The molecule has 0 fully saturated rings. The summed E-state index contributed by atoms with van der Waals surface area (Å²) >= 11 is 0. The van der Waals surface area contributed by atoms with Crippen LogP contribution in [-0.2, 0) is 14.8 Å². The number of nitro groups is 1. The minimum atomic E-state index is -4.17. The van der Waals surface area contributed by atoms with Crippen molar-refractivity contribution < 1.29 is 27.7 Å². The van der Waals surface area contributed by atoms with Crippen LogP contribution in [0.15, 0.2) is 77.7 Å². The van der Waals surface area contributed by atoms with Crippen LogP contribution in [0.5, 0.6) is 0 Å². The maximum Gasteiger partial charge on any atom is 0.269 e. The number of carbonyl (C=O) groups is 3. The molecule has 3 aromatic rings. The first kappa shape index (κ1) is 25.9. The molecule has 3 aromatic carbocycles. The van der Waals surface area contributed by atoms with Crippen LogP contribution in [-0.4, -0.2) is 42.4 Å². The van der Waals surface area contributed by atoms with E-state index in [4.69, 9.17) is 0 Å². The maximum atomic E-state index is 13.3. The zero-order chi connectivity index (χ0) is 26.9. The van der Waals surface area contributed by atoms with E-state index in [2.05, 4.69) is 4.72 Å². The first-order valence-electron chi connectivity index (χ1n) is 11.3. The second-order valence-corrected chi connectivity index (χ2v) is 10.5. The van der Waals surface area contributed by atoms with Gasteiger partial charge < -0.3 is 0 Å². The third kappa shape index (κ3) is 5.18. The predicted molar refractivity (Wildman–Crippen MR) is 133 cm³/mol. The average molecular weight is 522 g/mol. The van der Waals surface area contributed by atoms with Crippen LogP contribution in [0.2, 0.25) is 0 Å². The lowest BCUT2D eigenvalue weighted by atomic mass is 9.90. The molecule has 37 heavy (non-hydrogen) atoms. The van der Waals surface area contributed by atoms with Crippen molar-refractivity contribution in [2.75, 3.05) is 6.54 Å². The molecular formula is C26H23N3O7S. The van der Waals surface area contributed by atoms with E-state index >= 15 is 0 Å². The van der Waals surface area contributed by atoms with Crippen molar-refractivity contribution in [2.45, 2.75) is 24.8 Å². The molecule has 2 amide bonds. The summed E-state index contributed by atoms with van der Waals surface area (Å²) in [5.41, 5.74) is 1.28. The largest absolute Gasteiger partial charge is 0.300 e. The molecule has 1 aliphatic heterocycles. The summed E-state index contributed by atoms with van der Waals surface area (Å²) in [5.74, 6) is -2.83. The van der Waals surface area contributed by atoms with Gasteiger partial charge in [-0.25, -0.2) is 13.1 Å². The van der Waals surface area contributed by atoms with Crippen LogP contribution in [0, 0.1) is 23.0 Å². The van der Waals surface area contributed by atoms with Crippen LogP contribution in [0.3, 0.4) is 0 Å². The summed E-state index contributed by atoms with van der Waals surface area (Å²) < 4.78 is 29.1. The van der Waals surface area contributed by atoms with E-state index in [1.54, 1.807) is 31.2 Å². The number of carbonyl (C=O) groups excluding carboxylic acids is 3. The number of fused-ring (bicyclic) bond motifs is 1. The Kier molecular flexibility index (Phi) is 7.01. The van der Waals surface area contributed by atoms with Crippen molar-refractivity contribution in [1.82, 2.24) is 9.62 Å².